The summed E-state index contributed by atoms with van der Waals surface area (Å²) < 4.78 is 34.5. The van der Waals surface area contributed by atoms with Crippen molar-refractivity contribution in [1.82, 2.24) is 9.88 Å². The van der Waals surface area contributed by atoms with Gasteiger partial charge in [-0.25, -0.2) is 8.78 Å². The SMILES string of the molecule is O=C(Nc1cccc2c1N(Cc1ccc(OC3CCNCC3)cc1)CCC2)c1cc2ccccc2n1CC(F)F. The average molecular weight is 545 g/mol. The molecule has 3 heterocycles. The Morgan fingerprint density at radius 3 is 2.62 bits per heavy atom. The largest absolute Gasteiger partial charge is 0.490 e. The molecule has 8 heteroatoms. The van der Waals surface area contributed by atoms with Crippen LogP contribution in [0.3, 0.4) is 0 Å². The van der Waals surface area contributed by atoms with Crippen LogP contribution in [0.4, 0.5) is 20.2 Å². The number of rotatable bonds is 8. The summed E-state index contributed by atoms with van der Waals surface area (Å²) in [5, 5.41) is 7.18. The minimum atomic E-state index is -2.57. The fourth-order valence-electron chi connectivity index (χ4n) is 5.92. The molecule has 4 aromatic rings. The number of hydrogen-bond donors (Lipinski definition) is 2. The van der Waals surface area contributed by atoms with E-state index < -0.39 is 18.9 Å². The molecule has 0 bridgehead atoms. The number of anilines is 2. The highest BCUT2D eigenvalue weighted by Crippen LogP contribution is 2.36. The molecule has 0 atom stereocenters. The van der Waals surface area contributed by atoms with Crippen molar-refractivity contribution in [2.45, 2.75) is 51.3 Å². The highest BCUT2D eigenvalue weighted by atomic mass is 19.3. The minimum Gasteiger partial charge on any atom is -0.490 e. The number of nitrogens with one attached hydrogen (secondary N) is 2. The van der Waals surface area contributed by atoms with Gasteiger partial charge in [0.25, 0.3) is 12.3 Å². The van der Waals surface area contributed by atoms with Crippen molar-refractivity contribution in [3.05, 3.63) is 89.6 Å². The first-order valence-corrected chi connectivity index (χ1v) is 14.1. The van der Waals surface area contributed by atoms with Crippen molar-refractivity contribution < 1.29 is 18.3 Å². The number of fused-ring (bicyclic) bond motifs is 2. The summed E-state index contributed by atoms with van der Waals surface area (Å²) in [5.74, 6) is 0.497. The van der Waals surface area contributed by atoms with E-state index in [1.54, 1.807) is 18.2 Å². The summed E-state index contributed by atoms with van der Waals surface area (Å²) in [7, 11) is 0. The Kier molecular flexibility index (Phi) is 7.68. The molecule has 2 aliphatic heterocycles. The van der Waals surface area contributed by atoms with Crippen LogP contribution in [-0.4, -0.2) is 42.6 Å². The molecular weight excluding hydrogens is 510 g/mol. The first-order chi connectivity index (χ1) is 19.5. The van der Waals surface area contributed by atoms with Crippen LogP contribution in [0.1, 0.15) is 40.9 Å². The van der Waals surface area contributed by atoms with Crippen LogP contribution < -0.4 is 20.3 Å². The van der Waals surface area contributed by atoms with Gasteiger partial charge < -0.3 is 24.8 Å². The zero-order valence-corrected chi connectivity index (χ0v) is 22.4. The van der Waals surface area contributed by atoms with Crippen LogP contribution in [0.25, 0.3) is 10.9 Å². The Balaban J connectivity index is 1.22. The van der Waals surface area contributed by atoms with E-state index in [-0.39, 0.29) is 11.8 Å². The summed E-state index contributed by atoms with van der Waals surface area (Å²) in [6.45, 7) is 3.00. The zero-order valence-electron chi connectivity index (χ0n) is 22.4. The van der Waals surface area contributed by atoms with Crippen molar-refractivity contribution in [1.29, 1.82) is 0 Å². The molecule has 40 heavy (non-hydrogen) atoms. The number of benzene rings is 3. The highest BCUT2D eigenvalue weighted by molar-refractivity contribution is 6.08. The van der Waals surface area contributed by atoms with E-state index >= 15 is 0 Å². The van der Waals surface area contributed by atoms with Gasteiger partial charge in [-0.3, -0.25) is 4.79 Å². The molecule has 0 radical (unpaired) electrons. The van der Waals surface area contributed by atoms with Crippen LogP contribution in [0, 0.1) is 0 Å². The van der Waals surface area contributed by atoms with Crippen LogP contribution in [0.15, 0.2) is 72.8 Å². The van der Waals surface area contributed by atoms with Gasteiger partial charge in [0.2, 0.25) is 0 Å². The summed E-state index contributed by atoms with van der Waals surface area (Å²) >= 11 is 0. The lowest BCUT2D eigenvalue weighted by molar-refractivity contribution is 0.0999. The quantitative estimate of drug-likeness (QED) is 0.276. The topological polar surface area (TPSA) is 58.5 Å². The standard InChI is InChI=1S/C32H34F2N4O2/c33-30(34)21-38-28-9-2-1-5-24(28)19-29(38)32(39)36-27-8-3-6-23-7-4-18-37(31(23)27)20-22-10-12-25(13-11-22)40-26-14-16-35-17-15-26/h1-3,5-6,8-13,19,26,30,35H,4,7,14-18,20-21H2,(H,36,39). The van der Waals surface area contributed by atoms with Crippen LogP contribution >= 0.6 is 0 Å². The van der Waals surface area contributed by atoms with E-state index in [0.717, 1.165) is 67.7 Å². The van der Waals surface area contributed by atoms with E-state index in [0.29, 0.717) is 17.7 Å². The molecule has 1 aromatic heterocycles. The zero-order chi connectivity index (χ0) is 27.5. The van der Waals surface area contributed by atoms with Gasteiger partial charge in [-0.15, -0.1) is 0 Å². The molecule has 208 valence electrons. The van der Waals surface area contributed by atoms with Crippen molar-refractivity contribution in [2.24, 2.45) is 0 Å². The molecular formula is C32H34F2N4O2. The third kappa shape index (κ3) is 5.68. The molecule has 3 aromatic carbocycles. The lowest BCUT2D eigenvalue weighted by atomic mass is 9.99. The Labute approximate surface area is 232 Å². The molecule has 6 nitrogen and oxygen atoms in total. The number of nitrogens with zero attached hydrogens (tertiary/aromatic N) is 2. The van der Waals surface area contributed by atoms with E-state index in [2.05, 4.69) is 33.7 Å². The smallest absolute Gasteiger partial charge is 0.272 e. The van der Waals surface area contributed by atoms with Gasteiger partial charge in [-0.1, -0.05) is 42.5 Å². The number of alkyl halides is 2. The highest BCUT2D eigenvalue weighted by Gasteiger charge is 2.24. The molecule has 0 spiro atoms. The maximum atomic E-state index is 13.5. The van der Waals surface area contributed by atoms with Crippen LogP contribution in [0.5, 0.6) is 5.75 Å². The minimum absolute atomic E-state index is 0.228. The molecule has 2 aliphatic rings. The first kappa shape index (κ1) is 26.3. The normalized spacial score (nSPS) is 15.8. The number of para-hydroxylation sites is 2. The predicted molar refractivity (Wildman–Crippen MR) is 155 cm³/mol. The van der Waals surface area contributed by atoms with Crippen molar-refractivity contribution >= 4 is 28.2 Å². The molecule has 1 fully saturated rings. The van der Waals surface area contributed by atoms with Crippen molar-refractivity contribution in [3.63, 3.8) is 0 Å². The summed E-state index contributed by atoms with van der Waals surface area (Å²) in [6.07, 6.45) is 1.66. The summed E-state index contributed by atoms with van der Waals surface area (Å²) in [5.41, 5.74) is 4.87. The predicted octanol–water partition coefficient (Wildman–Crippen LogP) is 6.24. The number of ether oxygens (including phenoxy) is 1. The van der Waals surface area contributed by atoms with E-state index in [1.807, 2.05) is 36.4 Å². The molecule has 0 unspecified atom stereocenters. The number of amides is 1. The van der Waals surface area contributed by atoms with Gasteiger partial charge >= 0.3 is 0 Å². The second-order valence-corrected chi connectivity index (χ2v) is 10.6. The van der Waals surface area contributed by atoms with Gasteiger partial charge in [-0.05, 0) is 80.2 Å². The Bertz CT molecular complexity index is 1480. The third-order valence-corrected chi connectivity index (χ3v) is 7.81. The maximum absolute atomic E-state index is 13.5. The number of aromatic nitrogens is 1. The van der Waals surface area contributed by atoms with Gasteiger partial charge in [0.15, 0.2) is 0 Å². The fraction of sp³-hybridized carbons (Fsp3) is 0.344. The van der Waals surface area contributed by atoms with Gasteiger partial charge in [-0.2, -0.15) is 0 Å². The third-order valence-electron chi connectivity index (χ3n) is 7.81. The van der Waals surface area contributed by atoms with E-state index in [4.69, 9.17) is 4.74 Å². The Hall–Kier alpha value is -3.91. The van der Waals surface area contributed by atoms with Crippen LogP contribution in [0.2, 0.25) is 0 Å². The monoisotopic (exact) mass is 544 g/mol. The molecule has 2 N–H and O–H groups in total. The summed E-state index contributed by atoms with van der Waals surface area (Å²) in [4.78, 5) is 15.8. The average Bonchev–Trinajstić information content (AvgIpc) is 3.33. The number of piperidine rings is 1. The Morgan fingerprint density at radius 1 is 1.02 bits per heavy atom. The van der Waals surface area contributed by atoms with E-state index in [9.17, 15) is 13.6 Å². The van der Waals surface area contributed by atoms with E-state index in [1.165, 1.54) is 10.1 Å². The fourth-order valence-corrected chi connectivity index (χ4v) is 5.92. The molecule has 0 aliphatic carbocycles. The second kappa shape index (κ2) is 11.7. The van der Waals surface area contributed by atoms with Crippen LogP contribution in [-0.2, 0) is 19.5 Å². The number of halogens is 2. The van der Waals surface area contributed by atoms with Gasteiger partial charge in [0, 0.05) is 24.0 Å². The lowest BCUT2D eigenvalue weighted by Crippen LogP contribution is -2.34. The van der Waals surface area contributed by atoms with Gasteiger partial charge in [0.05, 0.1) is 17.9 Å². The first-order valence-electron chi connectivity index (χ1n) is 14.1. The molecule has 1 amide bonds. The lowest BCUT2D eigenvalue weighted by Gasteiger charge is -2.33. The summed E-state index contributed by atoms with van der Waals surface area (Å²) in [6, 6.07) is 23.2. The molecule has 6 rings (SSSR count). The number of carbonyl (C=O) groups is 1. The number of carbonyl (C=O) groups excluding carboxylic acids is 1. The van der Waals surface area contributed by atoms with Crippen molar-refractivity contribution in [2.75, 3.05) is 29.9 Å². The molecule has 0 saturated carbocycles. The Morgan fingerprint density at radius 2 is 1.82 bits per heavy atom. The maximum Gasteiger partial charge on any atom is 0.272 e. The number of hydrogen-bond acceptors (Lipinski definition) is 4. The number of aryl methyl sites for hydroxylation is 1. The van der Waals surface area contributed by atoms with Gasteiger partial charge in [0.1, 0.15) is 17.5 Å². The second-order valence-electron chi connectivity index (χ2n) is 10.6. The van der Waals surface area contributed by atoms with Crippen molar-refractivity contribution in [3.8, 4) is 5.75 Å². The molecule has 1 saturated heterocycles.